The molecular formula is C2H5BF3KO5. The van der Waals surface area contributed by atoms with E-state index in [-0.39, 0.29) is 51.4 Å². The van der Waals surface area contributed by atoms with Gasteiger partial charge in [-0.15, -0.1) is 0 Å². The summed E-state index contributed by atoms with van der Waals surface area (Å²) in [7, 11) is -2.17. The van der Waals surface area contributed by atoms with Crippen molar-refractivity contribution in [1.29, 1.82) is 0 Å². The molecule has 4 N–H and O–H groups in total. The Balaban J connectivity index is -0.000000142. The summed E-state index contributed by atoms with van der Waals surface area (Å²) in [5.41, 5.74) is 0. The first kappa shape index (κ1) is 18.6. The Bertz CT molecular complexity index is 124. The molecule has 0 unspecified atom stereocenters. The van der Waals surface area contributed by atoms with E-state index in [0.29, 0.717) is 0 Å². The Morgan fingerprint density at radius 1 is 1.17 bits per heavy atom. The van der Waals surface area contributed by atoms with Crippen LogP contribution in [0.3, 0.4) is 0 Å². The normalized spacial score (nSPS) is 8.83. The van der Waals surface area contributed by atoms with E-state index in [1.165, 1.54) is 0 Å². The Morgan fingerprint density at radius 2 is 1.25 bits per heavy atom. The second-order valence-electron chi connectivity index (χ2n) is 1.15. The summed E-state index contributed by atoms with van der Waals surface area (Å²) in [6.07, 6.45) is -5.08. The summed E-state index contributed by atoms with van der Waals surface area (Å²) in [5, 5.41) is 28.6. The fourth-order valence-corrected chi connectivity index (χ4v) is 0. The molecule has 0 aromatic carbocycles. The second kappa shape index (κ2) is 8.44. The van der Waals surface area contributed by atoms with E-state index in [9.17, 15) is 13.2 Å². The third-order valence-electron chi connectivity index (χ3n) is 0.243. The number of aliphatic carboxylic acids is 1. The predicted molar refractivity (Wildman–Crippen MR) is 33.3 cm³/mol. The molecule has 0 heterocycles. The number of carboxylic acid groups (broad SMARTS) is 1. The molecular weight excluding hydrogens is 211 g/mol. The molecule has 0 saturated carbocycles. The molecule has 0 amide bonds. The summed E-state index contributed by atoms with van der Waals surface area (Å²) in [6.45, 7) is 0. The third-order valence-corrected chi connectivity index (χ3v) is 0.243. The SMILES string of the molecule is O=C(O)C(F)(F)F.OB(O)O.[KH]. The van der Waals surface area contributed by atoms with E-state index in [0.717, 1.165) is 0 Å². The van der Waals surface area contributed by atoms with Crippen LogP contribution in [0.2, 0.25) is 0 Å². The topological polar surface area (TPSA) is 98.0 Å². The average Bonchev–Trinajstić information content (AvgIpc) is 1.59. The molecule has 0 saturated heterocycles. The molecule has 0 radical (unpaired) electrons. The van der Waals surface area contributed by atoms with E-state index in [1.807, 2.05) is 0 Å². The van der Waals surface area contributed by atoms with Crippen molar-refractivity contribution in [2.24, 2.45) is 0 Å². The van der Waals surface area contributed by atoms with Crippen molar-refractivity contribution in [3.05, 3.63) is 0 Å². The van der Waals surface area contributed by atoms with Crippen molar-refractivity contribution in [3.8, 4) is 0 Å². The van der Waals surface area contributed by atoms with Gasteiger partial charge in [-0.1, -0.05) is 0 Å². The van der Waals surface area contributed by atoms with Crippen LogP contribution in [0.5, 0.6) is 0 Å². The molecule has 0 aliphatic heterocycles. The van der Waals surface area contributed by atoms with Crippen LogP contribution < -0.4 is 0 Å². The van der Waals surface area contributed by atoms with Gasteiger partial charge in [0.25, 0.3) is 0 Å². The first-order chi connectivity index (χ1) is 4.68. The first-order valence-electron chi connectivity index (χ1n) is 2.02. The molecule has 10 heteroatoms. The van der Waals surface area contributed by atoms with Gasteiger partial charge in [-0.05, 0) is 0 Å². The summed E-state index contributed by atoms with van der Waals surface area (Å²) in [4.78, 5) is 8.90. The Morgan fingerprint density at radius 3 is 1.25 bits per heavy atom. The maximum absolute atomic E-state index is 10.6. The quantitative estimate of drug-likeness (QED) is 0.349. The monoisotopic (exact) mass is 216 g/mol. The van der Waals surface area contributed by atoms with Crippen LogP contribution in [0.25, 0.3) is 0 Å². The molecule has 0 spiro atoms. The second-order valence-corrected chi connectivity index (χ2v) is 1.15. The first-order valence-corrected chi connectivity index (χ1v) is 2.02. The van der Waals surface area contributed by atoms with E-state index in [1.54, 1.807) is 0 Å². The van der Waals surface area contributed by atoms with Gasteiger partial charge in [0.1, 0.15) is 0 Å². The molecule has 0 bridgehead atoms. The van der Waals surface area contributed by atoms with Crippen LogP contribution in [0.1, 0.15) is 0 Å². The minimum atomic E-state index is -5.08. The van der Waals surface area contributed by atoms with Crippen LogP contribution in [0.15, 0.2) is 0 Å². The van der Waals surface area contributed by atoms with Crippen LogP contribution in [0, 0.1) is 0 Å². The molecule has 68 valence electrons. The van der Waals surface area contributed by atoms with E-state index < -0.39 is 19.5 Å². The summed E-state index contributed by atoms with van der Waals surface area (Å²) < 4.78 is 31.7. The van der Waals surface area contributed by atoms with Gasteiger partial charge < -0.3 is 20.2 Å². The molecule has 0 aliphatic carbocycles. The van der Waals surface area contributed by atoms with Gasteiger partial charge >= 0.3 is 70.9 Å². The van der Waals surface area contributed by atoms with Gasteiger partial charge in [0.05, 0.1) is 0 Å². The zero-order chi connectivity index (χ0) is 9.65. The van der Waals surface area contributed by atoms with Crippen molar-refractivity contribution < 1.29 is 38.1 Å². The number of halogens is 3. The number of carbonyl (C=O) groups is 1. The van der Waals surface area contributed by atoms with Crippen molar-refractivity contribution in [1.82, 2.24) is 0 Å². The molecule has 0 aromatic heterocycles. The number of hydrogen-bond acceptors (Lipinski definition) is 4. The van der Waals surface area contributed by atoms with Crippen LogP contribution in [-0.4, -0.2) is 91.0 Å². The molecule has 0 fully saturated rings. The zero-order valence-corrected chi connectivity index (χ0v) is 4.91. The number of rotatable bonds is 0. The summed E-state index contributed by atoms with van der Waals surface area (Å²) in [5.74, 6) is -2.76. The number of carboxylic acids is 1. The van der Waals surface area contributed by atoms with Gasteiger partial charge in [0, 0.05) is 0 Å². The van der Waals surface area contributed by atoms with E-state index >= 15 is 0 Å². The molecule has 0 rings (SSSR count). The Labute approximate surface area is 108 Å². The zero-order valence-electron chi connectivity index (χ0n) is 4.91. The fraction of sp³-hybridized carbons (Fsp3) is 0.500. The predicted octanol–water partition coefficient (Wildman–Crippen LogP) is -2.07. The minimum absolute atomic E-state index is 0. The van der Waals surface area contributed by atoms with Crippen molar-refractivity contribution >= 4 is 64.7 Å². The van der Waals surface area contributed by atoms with Gasteiger partial charge in [0.2, 0.25) is 0 Å². The van der Waals surface area contributed by atoms with Gasteiger partial charge in [-0.25, -0.2) is 4.79 Å². The van der Waals surface area contributed by atoms with Crippen LogP contribution in [0.4, 0.5) is 13.2 Å². The maximum atomic E-state index is 10.6. The van der Waals surface area contributed by atoms with Crippen molar-refractivity contribution in [3.63, 3.8) is 0 Å². The number of alkyl halides is 3. The Hall–Kier alpha value is 0.841. The van der Waals surface area contributed by atoms with Gasteiger partial charge in [0.15, 0.2) is 0 Å². The summed E-state index contributed by atoms with van der Waals surface area (Å²) >= 11 is 0. The molecule has 0 aliphatic rings. The molecule has 12 heavy (non-hydrogen) atoms. The molecule has 0 aromatic rings. The van der Waals surface area contributed by atoms with Crippen LogP contribution >= 0.6 is 0 Å². The average molecular weight is 216 g/mol. The van der Waals surface area contributed by atoms with E-state index in [4.69, 9.17) is 25.0 Å². The standard InChI is InChI=1S/C2HF3O2.BH3O3.K.H/c3-2(4,5)1(6)7;2-1(3)4;;/h(H,6,7);2-4H;;. The van der Waals surface area contributed by atoms with Crippen LogP contribution in [-0.2, 0) is 4.79 Å². The molecule has 5 nitrogen and oxygen atoms in total. The Kier molecular flexibility index (Phi) is 13.1. The van der Waals surface area contributed by atoms with Gasteiger partial charge in [-0.2, -0.15) is 13.2 Å². The summed E-state index contributed by atoms with van der Waals surface area (Å²) in [6, 6.07) is 0. The van der Waals surface area contributed by atoms with Gasteiger partial charge in [-0.3, -0.25) is 0 Å². The third kappa shape index (κ3) is 22.4. The number of hydrogen-bond donors (Lipinski definition) is 4. The molecule has 0 atom stereocenters. The van der Waals surface area contributed by atoms with E-state index in [2.05, 4.69) is 0 Å². The van der Waals surface area contributed by atoms with Crippen molar-refractivity contribution in [2.45, 2.75) is 6.18 Å². The fourth-order valence-electron chi connectivity index (χ4n) is 0. The van der Waals surface area contributed by atoms with Crippen molar-refractivity contribution in [2.75, 3.05) is 0 Å².